The van der Waals surface area contributed by atoms with E-state index in [-0.39, 0.29) is 17.9 Å². The summed E-state index contributed by atoms with van der Waals surface area (Å²) in [7, 11) is 1.73. The first-order valence-electron chi connectivity index (χ1n) is 6.20. The van der Waals surface area contributed by atoms with Gasteiger partial charge in [0.05, 0.1) is 0 Å². The minimum absolute atomic E-state index is 0.0584. The Kier molecular flexibility index (Phi) is 7.54. The molecule has 0 radical (unpaired) electrons. The Labute approximate surface area is 104 Å². The van der Waals surface area contributed by atoms with Crippen LogP contribution in [0.4, 0.5) is 0 Å². The van der Waals surface area contributed by atoms with Gasteiger partial charge in [-0.25, -0.2) is 0 Å². The summed E-state index contributed by atoms with van der Waals surface area (Å²) >= 11 is 0. The summed E-state index contributed by atoms with van der Waals surface area (Å²) in [6.07, 6.45) is 0.390. The second kappa shape index (κ2) is 8.06. The fourth-order valence-corrected chi connectivity index (χ4v) is 1.55. The van der Waals surface area contributed by atoms with Crippen LogP contribution in [0.2, 0.25) is 0 Å². The van der Waals surface area contributed by atoms with E-state index in [1.165, 1.54) is 0 Å². The molecule has 0 aromatic heterocycles. The molecule has 0 saturated carbocycles. The Morgan fingerprint density at radius 1 is 1.24 bits per heavy atom. The highest BCUT2D eigenvalue weighted by atomic mass is 16.2. The maximum absolute atomic E-state index is 11.7. The molecule has 0 aliphatic heterocycles. The Balaban J connectivity index is 4.07. The van der Waals surface area contributed by atoms with Crippen LogP contribution < -0.4 is 10.6 Å². The van der Waals surface area contributed by atoms with Gasteiger partial charge in [0.1, 0.15) is 6.04 Å². The molecular weight excluding hydrogens is 218 g/mol. The molecule has 0 aromatic rings. The number of carbonyl (C=O) groups excluding carboxylic acids is 2. The largest absolute Gasteiger partial charge is 0.345 e. The minimum Gasteiger partial charge on any atom is -0.345 e. The Hall–Kier alpha value is -1.10. The van der Waals surface area contributed by atoms with E-state index in [0.29, 0.717) is 13.0 Å². The van der Waals surface area contributed by atoms with Crippen molar-refractivity contribution in [3.63, 3.8) is 0 Å². The molecule has 0 aromatic carbocycles. The molecule has 0 saturated heterocycles. The summed E-state index contributed by atoms with van der Waals surface area (Å²) in [6, 6.07) is -0.326. The van der Waals surface area contributed by atoms with Gasteiger partial charge in [-0.15, -0.1) is 0 Å². The first-order chi connectivity index (χ1) is 7.92. The van der Waals surface area contributed by atoms with E-state index in [9.17, 15) is 9.59 Å². The summed E-state index contributed by atoms with van der Waals surface area (Å²) in [6.45, 7) is 9.04. The maximum atomic E-state index is 11.7. The van der Waals surface area contributed by atoms with Crippen molar-refractivity contribution in [3.8, 4) is 0 Å². The van der Waals surface area contributed by atoms with Gasteiger partial charge in [0.25, 0.3) is 0 Å². The zero-order chi connectivity index (χ0) is 13.4. The van der Waals surface area contributed by atoms with Crippen molar-refractivity contribution in [3.05, 3.63) is 0 Å². The predicted molar refractivity (Wildman–Crippen MR) is 68.7 cm³/mol. The van der Waals surface area contributed by atoms with Crippen LogP contribution in [-0.2, 0) is 9.59 Å². The van der Waals surface area contributed by atoms with E-state index < -0.39 is 6.04 Å². The monoisotopic (exact) mass is 243 g/mol. The van der Waals surface area contributed by atoms with E-state index >= 15 is 0 Å². The number of nitrogens with zero attached hydrogens (tertiary/aromatic N) is 1. The lowest BCUT2D eigenvalue weighted by molar-refractivity contribution is -0.134. The number of hydrogen-bond donors (Lipinski definition) is 2. The fourth-order valence-electron chi connectivity index (χ4n) is 1.55. The molecule has 2 amide bonds. The summed E-state index contributed by atoms with van der Waals surface area (Å²) in [5.74, 6) is -0.152. The van der Waals surface area contributed by atoms with Gasteiger partial charge in [-0.1, -0.05) is 6.92 Å². The van der Waals surface area contributed by atoms with Crippen LogP contribution in [0.3, 0.4) is 0 Å². The van der Waals surface area contributed by atoms with E-state index in [1.54, 1.807) is 18.9 Å². The van der Waals surface area contributed by atoms with Gasteiger partial charge in [-0.3, -0.25) is 9.59 Å². The molecule has 2 unspecified atom stereocenters. The van der Waals surface area contributed by atoms with Gasteiger partial charge in [0, 0.05) is 26.1 Å². The first kappa shape index (κ1) is 15.9. The molecule has 0 bridgehead atoms. The van der Waals surface area contributed by atoms with Crippen LogP contribution in [-0.4, -0.2) is 48.9 Å². The number of nitrogens with one attached hydrogen (secondary N) is 2. The van der Waals surface area contributed by atoms with Crippen LogP contribution in [0.15, 0.2) is 0 Å². The zero-order valence-electron chi connectivity index (χ0n) is 11.5. The average Bonchev–Trinajstić information content (AvgIpc) is 2.26. The fraction of sp³-hybridized carbons (Fsp3) is 0.833. The molecule has 2 atom stereocenters. The van der Waals surface area contributed by atoms with Crippen molar-refractivity contribution in [2.24, 2.45) is 0 Å². The number of likely N-dealkylation sites (N-methyl/N-ethyl adjacent to an activating group) is 1. The van der Waals surface area contributed by atoms with Crippen LogP contribution in [0.1, 0.15) is 34.1 Å². The smallest absolute Gasteiger partial charge is 0.244 e. The Morgan fingerprint density at radius 3 is 2.29 bits per heavy atom. The van der Waals surface area contributed by atoms with E-state index in [1.807, 2.05) is 20.8 Å². The van der Waals surface area contributed by atoms with Gasteiger partial charge in [-0.05, 0) is 27.3 Å². The summed E-state index contributed by atoms with van der Waals surface area (Å²) in [5, 5.41) is 5.87. The second-order valence-corrected chi connectivity index (χ2v) is 4.30. The van der Waals surface area contributed by atoms with Crippen LogP contribution >= 0.6 is 0 Å². The SMILES string of the molecule is CCNC(C)CC(=O)NC(C)C(=O)N(C)CC. The molecule has 17 heavy (non-hydrogen) atoms. The van der Waals surface area contributed by atoms with Gasteiger partial charge in [0.15, 0.2) is 0 Å². The van der Waals surface area contributed by atoms with Gasteiger partial charge < -0.3 is 15.5 Å². The number of amides is 2. The van der Waals surface area contributed by atoms with Crippen molar-refractivity contribution < 1.29 is 9.59 Å². The lowest BCUT2D eigenvalue weighted by atomic mass is 10.2. The van der Waals surface area contributed by atoms with Crippen molar-refractivity contribution >= 4 is 11.8 Å². The van der Waals surface area contributed by atoms with Gasteiger partial charge >= 0.3 is 0 Å². The lowest BCUT2D eigenvalue weighted by Crippen LogP contribution is -2.46. The minimum atomic E-state index is -0.457. The Bertz CT molecular complexity index is 256. The molecule has 5 heteroatoms. The van der Waals surface area contributed by atoms with Crippen molar-refractivity contribution in [1.82, 2.24) is 15.5 Å². The van der Waals surface area contributed by atoms with Gasteiger partial charge in [0.2, 0.25) is 11.8 Å². The maximum Gasteiger partial charge on any atom is 0.244 e. The summed E-state index contributed by atoms with van der Waals surface area (Å²) in [5.41, 5.74) is 0. The molecule has 0 heterocycles. The van der Waals surface area contributed by atoms with E-state index in [4.69, 9.17) is 0 Å². The molecule has 0 rings (SSSR count). The third-order valence-electron chi connectivity index (χ3n) is 2.64. The Morgan fingerprint density at radius 2 is 1.82 bits per heavy atom. The summed E-state index contributed by atoms with van der Waals surface area (Å²) in [4.78, 5) is 24.9. The third-order valence-corrected chi connectivity index (χ3v) is 2.64. The topological polar surface area (TPSA) is 61.4 Å². The highest BCUT2D eigenvalue weighted by Gasteiger charge is 2.19. The van der Waals surface area contributed by atoms with Crippen LogP contribution in [0.5, 0.6) is 0 Å². The molecular formula is C12H25N3O2. The van der Waals surface area contributed by atoms with Crippen LogP contribution in [0, 0.1) is 0 Å². The van der Waals surface area contributed by atoms with E-state index in [2.05, 4.69) is 10.6 Å². The highest BCUT2D eigenvalue weighted by Crippen LogP contribution is 1.95. The normalized spacial score (nSPS) is 13.9. The first-order valence-corrected chi connectivity index (χ1v) is 6.20. The van der Waals surface area contributed by atoms with E-state index in [0.717, 1.165) is 6.54 Å². The number of rotatable bonds is 7. The van der Waals surface area contributed by atoms with Crippen molar-refractivity contribution in [2.75, 3.05) is 20.1 Å². The summed E-state index contributed by atoms with van der Waals surface area (Å²) < 4.78 is 0. The van der Waals surface area contributed by atoms with Crippen molar-refractivity contribution in [2.45, 2.75) is 46.2 Å². The second-order valence-electron chi connectivity index (χ2n) is 4.30. The number of hydrogen-bond acceptors (Lipinski definition) is 3. The predicted octanol–water partition coefficient (Wildman–Crippen LogP) is 0.358. The molecule has 5 nitrogen and oxygen atoms in total. The van der Waals surface area contributed by atoms with Gasteiger partial charge in [-0.2, -0.15) is 0 Å². The average molecular weight is 243 g/mol. The van der Waals surface area contributed by atoms with Crippen LogP contribution in [0.25, 0.3) is 0 Å². The molecule has 2 N–H and O–H groups in total. The molecule has 0 spiro atoms. The molecule has 0 fully saturated rings. The lowest BCUT2D eigenvalue weighted by Gasteiger charge is -2.21. The molecule has 100 valence electrons. The quantitative estimate of drug-likeness (QED) is 0.678. The standard InChI is InChI=1S/C12H25N3O2/c1-6-13-9(3)8-11(16)14-10(4)12(17)15(5)7-2/h9-10,13H,6-8H2,1-5H3,(H,14,16). The van der Waals surface area contributed by atoms with Crippen molar-refractivity contribution in [1.29, 1.82) is 0 Å². The number of carbonyl (C=O) groups is 2. The zero-order valence-corrected chi connectivity index (χ0v) is 11.5. The highest BCUT2D eigenvalue weighted by molar-refractivity contribution is 5.87. The third kappa shape index (κ3) is 6.26. The molecule has 0 aliphatic carbocycles. The molecule has 0 aliphatic rings.